The lowest BCUT2D eigenvalue weighted by Gasteiger charge is -2.55. The van der Waals surface area contributed by atoms with Gasteiger partial charge in [-0.1, -0.05) is 0 Å². The first kappa shape index (κ1) is 19.0. The topological polar surface area (TPSA) is 47.9 Å². The van der Waals surface area contributed by atoms with Gasteiger partial charge in [0.15, 0.2) is 0 Å². The van der Waals surface area contributed by atoms with E-state index >= 15 is 0 Å². The van der Waals surface area contributed by atoms with Crippen LogP contribution >= 0.6 is 0 Å². The molecule has 146 valence electrons. The van der Waals surface area contributed by atoms with Crippen LogP contribution in [0.1, 0.15) is 0 Å². The molecule has 0 bridgehead atoms. The molecule has 0 spiro atoms. The fourth-order valence-electron chi connectivity index (χ4n) is 2.49. The summed E-state index contributed by atoms with van der Waals surface area (Å²) in [4.78, 5) is 0. The van der Waals surface area contributed by atoms with Gasteiger partial charge in [0.2, 0.25) is 0 Å². The molecule has 27 heavy (non-hydrogen) atoms. The van der Waals surface area contributed by atoms with Crippen molar-refractivity contribution in [2.75, 3.05) is 7.11 Å². The maximum Gasteiger partial charge on any atom is 0.395 e. The van der Waals surface area contributed by atoms with E-state index in [4.69, 9.17) is 9.84 Å². The summed E-state index contributed by atoms with van der Waals surface area (Å²) >= 11 is 0. The van der Waals surface area contributed by atoms with Crippen LogP contribution in [-0.2, 0) is 0 Å². The molecular weight excluding hydrogens is 382 g/mol. The Labute approximate surface area is 148 Å². The van der Waals surface area contributed by atoms with E-state index in [1.54, 1.807) is 0 Å². The summed E-state index contributed by atoms with van der Waals surface area (Å²) in [7, 11) is 1.30. The Balaban J connectivity index is 1.97. The average Bonchev–Trinajstić information content (AvgIpc) is 2.63. The zero-order valence-corrected chi connectivity index (χ0v) is 13.6. The van der Waals surface area contributed by atoms with E-state index in [-0.39, 0.29) is 11.5 Å². The Hall–Kier alpha value is -2.78. The van der Waals surface area contributed by atoms with E-state index in [2.05, 4.69) is 9.47 Å². The molecule has 2 unspecified atom stereocenters. The van der Waals surface area contributed by atoms with Crippen LogP contribution in [0.2, 0.25) is 0 Å². The molecule has 2 aromatic rings. The van der Waals surface area contributed by atoms with Gasteiger partial charge in [0.05, 0.1) is 7.11 Å². The molecule has 10 heteroatoms. The molecule has 1 saturated carbocycles. The van der Waals surface area contributed by atoms with E-state index in [0.29, 0.717) is 0 Å². The van der Waals surface area contributed by atoms with Gasteiger partial charge in [-0.05, 0) is 48.5 Å². The number of aromatic hydroxyl groups is 1. The highest BCUT2D eigenvalue weighted by molar-refractivity contribution is 5.37. The van der Waals surface area contributed by atoms with Crippen LogP contribution in [0.3, 0.4) is 0 Å². The van der Waals surface area contributed by atoms with Crippen molar-refractivity contribution in [2.24, 2.45) is 0 Å². The number of hydrogen-bond acceptors (Lipinski definition) is 4. The molecule has 0 aliphatic heterocycles. The minimum atomic E-state index is -5.53. The Kier molecular flexibility index (Phi) is 4.12. The fourth-order valence-corrected chi connectivity index (χ4v) is 2.49. The first-order chi connectivity index (χ1) is 12.5. The van der Waals surface area contributed by atoms with Crippen molar-refractivity contribution in [3.8, 4) is 23.0 Å². The van der Waals surface area contributed by atoms with Gasteiger partial charge in [-0.3, -0.25) is 0 Å². The summed E-state index contributed by atoms with van der Waals surface area (Å²) in [6.07, 6.45) is 0. The van der Waals surface area contributed by atoms with E-state index in [0.717, 1.165) is 36.4 Å². The van der Waals surface area contributed by atoms with Crippen molar-refractivity contribution in [1.82, 2.24) is 0 Å². The number of ether oxygens (including phenoxy) is 3. The lowest BCUT2D eigenvalue weighted by Crippen LogP contribution is -2.89. The van der Waals surface area contributed by atoms with Crippen molar-refractivity contribution < 1.29 is 45.7 Å². The number of benzene rings is 2. The minimum absolute atomic E-state index is 0.243. The third kappa shape index (κ3) is 2.46. The molecular formula is C17H12F6O4. The SMILES string of the molecule is COc1ccc(OC2(F)C(F)(F)C(F)(F)C2(F)Oc2ccc(O)cc2)cc1. The van der Waals surface area contributed by atoms with Gasteiger partial charge in [-0.15, -0.1) is 0 Å². The molecule has 1 aliphatic carbocycles. The predicted octanol–water partition coefficient (Wildman–Crippen LogP) is 4.47. The minimum Gasteiger partial charge on any atom is -0.508 e. The standard InChI is InChI=1S/C17H12F6O4/c1-25-11-6-8-13(9-7-11)27-17(23)15(20,21)14(18,19)16(17,22)26-12-4-2-10(24)3-5-12/h2-9,24H,1H3. The van der Waals surface area contributed by atoms with Gasteiger partial charge in [0, 0.05) is 0 Å². The van der Waals surface area contributed by atoms with Crippen LogP contribution in [0.25, 0.3) is 0 Å². The maximum atomic E-state index is 14.8. The van der Waals surface area contributed by atoms with E-state index in [9.17, 15) is 26.3 Å². The van der Waals surface area contributed by atoms with Crippen molar-refractivity contribution in [1.29, 1.82) is 0 Å². The van der Waals surface area contributed by atoms with Crippen LogP contribution in [0, 0.1) is 0 Å². The van der Waals surface area contributed by atoms with Crippen molar-refractivity contribution in [2.45, 2.75) is 23.6 Å². The van der Waals surface area contributed by atoms with Crippen LogP contribution in [0.15, 0.2) is 48.5 Å². The smallest absolute Gasteiger partial charge is 0.395 e. The van der Waals surface area contributed by atoms with E-state index in [1.165, 1.54) is 19.2 Å². The molecule has 0 heterocycles. The second kappa shape index (κ2) is 5.86. The molecule has 1 aliphatic rings. The first-order valence-corrected chi connectivity index (χ1v) is 7.43. The largest absolute Gasteiger partial charge is 0.508 e. The van der Waals surface area contributed by atoms with Crippen LogP contribution in [0.5, 0.6) is 23.0 Å². The molecule has 4 nitrogen and oxygen atoms in total. The van der Waals surface area contributed by atoms with Gasteiger partial charge < -0.3 is 19.3 Å². The molecule has 0 radical (unpaired) electrons. The Morgan fingerprint density at radius 2 is 0.963 bits per heavy atom. The molecule has 3 rings (SSSR count). The van der Waals surface area contributed by atoms with Crippen LogP contribution < -0.4 is 14.2 Å². The lowest BCUT2D eigenvalue weighted by molar-refractivity contribution is -0.527. The monoisotopic (exact) mass is 394 g/mol. The molecule has 0 saturated heterocycles. The zero-order chi connectivity index (χ0) is 20.1. The summed E-state index contributed by atoms with van der Waals surface area (Å²) in [6.45, 7) is 0. The number of phenolic OH excluding ortho intramolecular Hbond substituents is 1. The molecule has 0 amide bonds. The summed E-state index contributed by atoms with van der Waals surface area (Å²) in [5.41, 5.74) is 0. The predicted molar refractivity (Wildman–Crippen MR) is 79.9 cm³/mol. The Bertz CT molecular complexity index is 826. The normalized spacial score (nSPS) is 28.1. The van der Waals surface area contributed by atoms with Crippen LogP contribution in [0.4, 0.5) is 26.3 Å². The number of phenols is 1. The van der Waals surface area contributed by atoms with Crippen LogP contribution in [-0.4, -0.2) is 35.8 Å². The van der Waals surface area contributed by atoms with Crippen molar-refractivity contribution in [3.05, 3.63) is 48.5 Å². The summed E-state index contributed by atoms with van der Waals surface area (Å²) < 4.78 is 98.2. The highest BCUT2D eigenvalue weighted by Crippen LogP contribution is 2.68. The van der Waals surface area contributed by atoms with E-state index < -0.39 is 35.1 Å². The third-order valence-corrected chi connectivity index (χ3v) is 4.03. The van der Waals surface area contributed by atoms with Gasteiger partial charge in [0.25, 0.3) is 0 Å². The van der Waals surface area contributed by atoms with Crippen molar-refractivity contribution in [3.63, 3.8) is 0 Å². The maximum absolute atomic E-state index is 14.8. The number of alkyl halides is 6. The zero-order valence-electron chi connectivity index (χ0n) is 13.6. The van der Waals surface area contributed by atoms with E-state index in [1.807, 2.05) is 0 Å². The second-order valence-electron chi connectivity index (χ2n) is 5.71. The summed E-state index contributed by atoms with van der Waals surface area (Å²) in [5, 5.41) is 9.13. The fraction of sp³-hybridized carbons (Fsp3) is 0.294. The van der Waals surface area contributed by atoms with Crippen molar-refractivity contribution >= 4 is 0 Å². The lowest BCUT2D eigenvalue weighted by atomic mass is 9.76. The first-order valence-electron chi connectivity index (χ1n) is 7.43. The second-order valence-corrected chi connectivity index (χ2v) is 5.71. The molecule has 2 atom stereocenters. The number of halogens is 6. The average molecular weight is 394 g/mol. The summed E-state index contributed by atoms with van der Waals surface area (Å²) in [6, 6.07) is 7.66. The number of methoxy groups -OCH3 is 1. The highest BCUT2D eigenvalue weighted by Gasteiger charge is 3.03. The summed E-state index contributed by atoms with van der Waals surface area (Å²) in [5.74, 6) is -22.2. The molecule has 0 aromatic heterocycles. The van der Waals surface area contributed by atoms with Gasteiger partial charge in [-0.25, -0.2) is 0 Å². The van der Waals surface area contributed by atoms with Gasteiger partial charge in [-0.2, -0.15) is 26.3 Å². The highest BCUT2D eigenvalue weighted by atomic mass is 19.3. The third-order valence-electron chi connectivity index (χ3n) is 4.03. The van der Waals surface area contributed by atoms with Gasteiger partial charge in [0.1, 0.15) is 23.0 Å². The number of rotatable bonds is 5. The molecule has 1 N–H and O–H groups in total. The molecule has 2 aromatic carbocycles. The Morgan fingerprint density at radius 1 is 0.630 bits per heavy atom. The quantitative estimate of drug-likeness (QED) is 0.760. The van der Waals surface area contributed by atoms with Gasteiger partial charge >= 0.3 is 23.6 Å². The molecule has 1 fully saturated rings. The Morgan fingerprint density at radius 3 is 1.33 bits per heavy atom. The number of hydrogen-bond donors (Lipinski definition) is 1.